The van der Waals surface area contributed by atoms with Gasteiger partial charge < -0.3 is 10.2 Å². The molecule has 3 rings (SSSR count). The smallest absolute Gasteiger partial charge is 0.273 e. The number of aryl methyl sites for hydroxylation is 1. The van der Waals surface area contributed by atoms with Gasteiger partial charge in [0.2, 0.25) is 5.91 Å². The molecule has 1 N–H and O–H groups in total. The van der Waals surface area contributed by atoms with Crippen molar-refractivity contribution < 1.29 is 9.59 Å². The normalized spacial score (nSPS) is 26.9. The summed E-state index contributed by atoms with van der Waals surface area (Å²) >= 11 is 1.35. The highest BCUT2D eigenvalue weighted by molar-refractivity contribution is 7.05. The van der Waals surface area contributed by atoms with E-state index < -0.39 is 0 Å². The van der Waals surface area contributed by atoms with Crippen molar-refractivity contribution in [2.24, 2.45) is 5.41 Å². The Morgan fingerprint density at radius 2 is 2.44 bits per heavy atom. The summed E-state index contributed by atoms with van der Waals surface area (Å²) in [6, 6.07) is 1.83. The molecule has 96 valence electrons. The number of amides is 2. The second-order valence-electron chi connectivity index (χ2n) is 5.25. The summed E-state index contributed by atoms with van der Waals surface area (Å²) in [7, 11) is 0. The molecule has 0 aromatic carbocycles. The van der Waals surface area contributed by atoms with Gasteiger partial charge in [0.25, 0.3) is 5.91 Å². The Hall–Kier alpha value is -1.43. The highest BCUT2D eigenvalue weighted by Gasteiger charge is 2.45. The summed E-state index contributed by atoms with van der Waals surface area (Å²) in [6.07, 6.45) is 1.45. The molecule has 2 aliphatic heterocycles. The Balaban J connectivity index is 1.72. The van der Waals surface area contributed by atoms with E-state index in [0.29, 0.717) is 25.2 Å². The van der Waals surface area contributed by atoms with Crippen molar-refractivity contribution >= 4 is 23.3 Å². The lowest BCUT2D eigenvalue weighted by Crippen LogP contribution is -2.33. The Labute approximate surface area is 109 Å². The average molecular weight is 265 g/mol. The predicted octanol–water partition coefficient (Wildman–Crippen LogP) is 0.804. The number of aromatic nitrogens is 1. The van der Waals surface area contributed by atoms with E-state index >= 15 is 0 Å². The number of nitrogens with one attached hydrogen (secondary N) is 1. The quantitative estimate of drug-likeness (QED) is 0.817. The highest BCUT2D eigenvalue weighted by Crippen LogP contribution is 2.37. The topological polar surface area (TPSA) is 62.3 Å². The van der Waals surface area contributed by atoms with Crippen molar-refractivity contribution in [2.75, 3.05) is 19.6 Å². The molecule has 1 aromatic heterocycles. The predicted molar refractivity (Wildman–Crippen MR) is 67.4 cm³/mol. The molecule has 2 saturated heterocycles. The van der Waals surface area contributed by atoms with Crippen LogP contribution in [-0.4, -0.2) is 40.7 Å². The zero-order chi connectivity index (χ0) is 12.8. The van der Waals surface area contributed by atoms with Crippen LogP contribution in [0.2, 0.25) is 0 Å². The number of carbonyl (C=O) groups is 2. The fourth-order valence-corrected chi connectivity index (χ4v) is 3.32. The first-order valence-electron chi connectivity index (χ1n) is 6.07. The maximum Gasteiger partial charge on any atom is 0.273 e. The summed E-state index contributed by atoms with van der Waals surface area (Å²) in [5, 5.41) is 2.87. The number of likely N-dealkylation sites (tertiary alicyclic amines) is 1. The minimum atomic E-state index is -0.0300. The largest absolute Gasteiger partial charge is 0.355 e. The standard InChI is InChI=1S/C12H15N3O2S/c1-8-4-9(14-18-8)11(17)15-3-2-12(7-15)5-10(16)13-6-12/h4H,2-3,5-7H2,1H3,(H,13,16). The summed E-state index contributed by atoms with van der Waals surface area (Å²) in [5.41, 5.74) is 0.504. The van der Waals surface area contributed by atoms with Gasteiger partial charge in [0, 0.05) is 36.3 Å². The number of hydrogen-bond acceptors (Lipinski definition) is 4. The summed E-state index contributed by atoms with van der Waals surface area (Å²) < 4.78 is 4.16. The number of nitrogens with zero attached hydrogens (tertiary/aromatic N) is 2. The van der Waals surface area contributed by atoms with Gasteiger partial charge in [-0.05, 0) is 30.9 Å². The molecule has 1 atom stereocenters. The van der Waals surface area contributed by atoms with Crippen molar-refractivity contribution in [3.8, 4) is 0 Å². The van der Waals surface area contributed by atoms with Crippen LogP contribution in [-0.2, 0) is 4.79 Å². The van der Waals surface area contributed by atoms with Crippen molar-refractivity contribution in [2.45, 2.75) is 19.8 Å². The second-order valence-corrected chi connectivity index (χ2v) is 6.26. The third-order valence-corrected chi connectivity index (χ3v) is 4.46. The lowest BCUT2D eigenvalue weighted by Gasteiger charge is -2.21. The maximum atomic E-state index is 12.2. The van der Waals surface area contributed by atoms with Crippen molar-refractivity contribution in [3.63, 3.8) is 0 Å². The van der Waals surface area contributed by atoms with E-state index in [-0.39, 0.29) is 17.2 Å². The van der Waals surface area contributed by atoms with Gasteiger partial charge in [-0.15, -0.1) is 0 Å². The van der Waals surface area contributed by atoms with E-state index in [9.17, 15) is 9.59 Å². The zero-order valence-electron chi connectivity index (χ0n) is 10.2. The molecule has 0 aliphatic carbocycles. The van der Waals surface area contributed by atoms with Crippen molar-refractivity contribution in [1.82, 2.24) is 14.6 Å². The van der Waals surface area contributed by atoms with Crippen LogP contribution in [0.15, 0.2) is 6.07 Å². The lowest BCUT2D eigenvalue weighted by atomic mass is 9.86. The molecule has 6 heteroatoms. The first-order valence-corrected chi connectivity index (χ1v) is 6.85. The molecule has 1 aromatic rings. The van der Waals surface area contributed by atoms with Crippen molar-refractivity contribution in [3.05, 3.63) is 16.6 Å². The Bertz CT molecular complexity index is 513. The van der Waals surface area contributed by atoms with Gasteiger partial charge in [-0.2, -0.15) is 4.37 Å². The molecule has 0 saturated carbocycles. The molecule has 2 aliphatic rings. The van der Waals surface area contributed by atoms with Gasteiger partial charge in [0.1, 0.15) is 5.69 Å². The first kappa shape index (κ1) is 11.6. The van der Waals surface area contributed by atoms with E-state index in [0.717, 1.165) is 17.8 Å². The molecule has 2 amide bonds. The van der Waals surface area contributed by atoms with Gasteiger partial charge in [-0.3, -0.25) is 9.59 Å². The minimum Gasteiger partial charge on any atom is -0.355 e. The molecule has 0 radical (unpaired) electrons. The first-order chi connectivity index (χ1) is 8.58. The Morgan fingerprint density at radius 3 is 3.06 bits per heavy atom. The number of hydrogen-bond donors (Lipinski definition) is 1. The van der Waals surface area contributed by atoms with Gasteiger partial charge >= 0.3 is 0 Å². The fraction of sp³-hybridized carbons (Fsp3) is 0.583. The molecule has 2 fully saturated rings. The van der Waals surface area contributed by atoms with E-state index in [1.807, 2.05) is 17.9 Å². The van der Waals surface area contributed by atoms with Gasteiger partial charge in [-0.1, -0.05) is 0 Å². The van der Waals surface area contributed by atoms with Crippen LogP contribution >= 0.6 is 11.5 Å². The SMILES string of the molecule is Cc1cc(C(=O)N2CCC3(CNC(=O)C3)C2)ns1. The average Bonchev–Trinajstić information content (AvgIpc) is 3.01. The van der Waals surface area contributed by atoms with Crippen LogP contribution in [0.1, 0.15) is 28.2 Å². The molecular formula is C12H15N3O2S. The third kappa shape index (κ3) is 1.90. The van der Waals surface area contributed by atoms with Crippen LogP contribution in [0.4, 0.5) is 0 Å². The minimum absolute atomic E-state index is 0.00410. The summed E-state index contributed by atoms with van der Waals surface area (Å²) in [6.45, 7) is 4.04. The van der Waals surface area contributed by atoms with Crippen molar-refractivity contribution in [1.29, 1.82) is 0 Å². The van der Waals surface area contributed by atoms with Gasteiger partial charge in [0.15, 0.2) is 0 Å². The molecule has 18 heavy (non-hydrogen) atoms. The number of carbonyl (C=O) groups excluding carboxylic acids is 2. The highest BCUT2D eigenvalue weighted by atomic mass is 32.1. The van der Waals surface area contributed by atoms with Gasteiger partial charge in [-0.25, -0.2) is 0 Å². The van der Waals surface area contributed by atoms with Crippen LogP contribution in [0.25, 0.3) is 0 Å². The molecule has 3 heterocycles. The number of rotatable bonds is 1. The summed E-state index contributed by atoms with van der Waals surface area (Å²) in [4.78, 5) is 26.4. The van der Waals surface area contributed by atoms with E-state index in [2.05, 4.69) is 9.69 Å². The van der Waals surface area contributed by atoms with Crippen LogP contribution < -0.4 is 5.32 Å². The Morgan fingerprint density at radius 1 is 1.61 bits per heavy atom. The fourth-order valence-electron chi connectivity index (χ4n) is 2.78. The lowest BCUT2D eigenvalue weighted by molar-refractivity contribution is -0.119. The molecule has 0 bridgehead atoms. The monoisotopic (exact) mass is 265 g/mol. The Kier molecular flexibility index (Phi) is 2.62. The van der Waals surface area contributed by atoms with Gasteiger partial charge in [0.05, 0.1) is 0 Å². The van der Waals surface area contributed by atoms with E-state index in [4.69, 9.17) is 0 Å². The molecular weight excluding hydrogens is 250 g/mol. The van der Waals surface area contributed by atoms with Crippen LogP contribution in [0, 0.1) is 12.3 Å². The zero-order valence-corrected chi connectivity index (χ0v) is 11.0. The van der Waals surface area contributed by atoms with E-state index in [1.54, 1.807) is 0 Å². The second kappa shape index (κ2) is 4.05. The molecule has 5 nitrogen and oxygen atoms in total. The van der Waals surface area contributed by atoms with E-state index in [1.165, 1.54) is 11.5 Å². The van der Waals surface area contributed by atoms with Crippen LogP contribution in [0.3, 0.4) is 0 Å². The summed E-state index contributed by atoms with van der Waals surface area (Å²) in [5.74, 6) is 0.101. The molecule has 1 spiro atoms. The third-order valence-electron chi connectivity index (χ3n) is 3.77. The molecule has 1 unspecified atom stereocenters. The van der Waals surface area contributed by atoms with Crippen LogP contribution in [0.5, 0.6) is 0 Å². The maximum absolute atomic E-state index is 12.2.